The number of aliphatic hydroxyl groups excluding tert-OH is 1. The molecule has 3 nitrogen and oxygen atoms in total. The van der Waals surface area contributed by atoms with E-state index in [1.807, 2.05) is 6.92 Å². The van der Waals surface area contributed by atoms with E-state index in [4.69, 9.17) is 0 Å². The Morgan fingerprint density at radius 3 is 2.94 bits per heavy atom. The molecule has 100 valence electrons. The third-order valence-corrected chi connectivity index (χ3v) is 3.12. The Morgan fingerprint density at radius 1 is 1.56 bits per heavy atom. The summed E-state index contributed by atoms with van der Waals surface area (Å²) in [5, 5.41) is 12.0. The van der Waals surface area contributed by atoms with Crippen LogP contribution < -0.4 is 5.32 Å². The van der Waals surface area contributed by atoms with Crippen molar-refractivity contribution in [2.45, 2.75) is 32.3 Å². The maximum Gasteiger partial charge on any atom is 0.224 e. The normalized spacial score (nSPS) is 12.2. The molecule has 0 bridgehead atoms. The van der Waals surface area contributed by atoms with E-state index in [-0.39, 0.29) is 18.1 Å². The lowest BCUT2D eigenvalue weighted by Crippen LogP contribution is -2.28. The van der Waals surface area contributed by atoms with Crippen molar-refractivity contribution in [1.29, 1.82) is 0 Å². The van der Waals surface area contributed by atoms with Crippen LogP contribution in [0.1, 0.15) is 25.3 Å². The van der Waals surface area contributed by atoms with E-state index in [1.54, 1.807) is 12.1 Å². The molecule has 1 atom stereocenters. The van der Waals surface area contributed by atoms with Crippen molar-refractivity contribution in [2.24, 2.45) is 0 Å². The average molecular weight is 318 g/mol. The predicted octanol–water partition coefficient (Wildman–Crippen LogP) is 2.41. The Morgan fingerprint density at radius 2 is 2.28 bits per heavy atom. The van der Waals surface area contributed by atoms with Gasteiger partial charge in [0.05, 0.1) is 12.5 Å². The second-order valence-electron chi connectivity index (χ2n) is 4.11. The summed E-state index contributed by atoms with van der Waals surface area (Å²) in [6.45, 7) is 2.28. The van der Waals surface area contributed by atoms with Crippen LogP contribution in [0, 0.1) is 5.82 Å². The minimum Gasteiger partial charge on any atom is -0.393 e. The molecule has 1 unspecified atom stereocenters. The van der Waals surface area contributed by atoms with E-state index in [2.05, 4.69) is 21.2 Å². The quantitative estimate of drug-likeness (QED) is 0.846. The van der Waals surface area contributed by atoms with Crippen molar-refractivity contribution in [1.82, 2.24) is 5.32 Å². The summed E-state index contributed by atoms with van der Waals surface area (Å²) in [4.78, 5) is 11.6. The van der Waals surface area contributed by atoms with Gasteiger partial charge < -0.3 is 10.4 Å². The molecule has 1 aromatic carbocycles. The van der Waals surface area contributed by atoms with Crippen molar-refractivity contribution in [3.63, 3.8) is 0 Å². The number of nitrogens with one attached hydrogen (secondary N) is 1. The summed E-state index contributed by atoms with van der Waals surface area (Å²) in [5.41, 5.74) is 0.359. The summed E-state index contributed by atoms with van der Waals surface area (Å²) >= 11 is 3.24. The lowest BCUT2D eigenvalue weighted by Gasteiger charge is -2.09. The van der Waals surface area contributed by atoms with Gasteiger partial charge in [0.1, 0.15) is 5.82 Å². The minimum atomic E-state index is -0.395. The molecule has 18 heavy (non-hydrogen) atoms. The monoisotopic (exact) mass is 317 g/mol. The molecule has 5 heteroatoms. The van der Waals surface area contributed by atoms with Gasteiger partial charge in [0.15, 0.2) is 0 Å². The largest absolute Gasteiger partial charge is 0.393 e. The number of carbonyl (C=O) groups is 1. The minimum absolute atomic E-state index is 0.00743. The van der Waals surface area contributed by atoms with Gasteiger partial charge in [0.25, 0.3) is 0 Å². The van der Waals surface area contributed by atoms with E-state index < -0.39 is 6.10 Å². The molecular weight excluding hydrogens is 301 g/mol. The number of carbonyl (C=O) groups excluding carboxylic acids is 1. The fourth-order valence-electron chi connectivity index (χ4n) is 1.50. The molecule has 0 heterocycles. The van der Waals surface area contributed by atoms with Gasteiger partial charge in [-0.3, -0.25) is 4.79 Å². The molecule has 0 aliphatic carbocycles. The highest BCUT2D eigenvalue weighted by Gasteiger charge is 2.09. The maximum atomic E-state index is 13.4. The molecule has 0 aromatic heterocycles. The van der Waals surface area contributed by atoms with Crippen LogP contribution >= 0.6 is 15.9 Å². The number of rotatable bonds is 6. The van der Waals surface area contributed by atoms with Gasteiger partial charge >= 0.3 is 0 Å². The number of amides is 1. The van der Waals surface area contributed by atoms with E-state index in [1.165, 1.54) is 6.07 Å². The highest BCUT2D eigenvalue weighted by molar-refractivity contribution is 9.10. The van der Waals surface area contributed by atoms with Crippen LogP contribution in [0.3, 0.4) is 0 Å². The Kier molecular flexibility index (Phi) is 6.29. The molecule has 0 spiro atoms. The average Bonchev–Trinajstić information content (AvgIpc) is 2.33. The third-order valence-electron chi connectivity index (χ3n) is 2.63. The van der Waals surface area contributed by atoms with Gasteiger partial charge in [-0.05, 0) is 36.6 Å². The van der Waals surface area contributed by atoms with Crippen molar-refractivity contribution in [3.05, 3.63) is 34.1 Å². The molecule has 1 amide bonds. The summed E-state index contributed by atoms with van der Waals surface area (Å²) in [6.07, 6.45) is 0.792. The smallest absolute Gasteiger partial charge is 0.224 e. The van der Waals surface area contributed by atoms with Crippen LogP contribution in [0.4, 0.5) is 4.39 Å². The Hall–Kier alpha value is -0.940. The first kappa shape index (κ1) is 15.1. The zero-order valence-corrected chi connectivity index (χ0v) is 11.8. The van der Waals surface area contributed by atoms with E-state index in [0.717, 1.165) is 4.47 Å². The molecular formula is C13H17BrFNO2. The zero-order chi connectivity index (χ0) is 13.5. The molecule has 0 fully saturated rings. The molecule has 1 rings (SSSR count). The van der Waals surface area contributed by atoms with E-state index >= 15 is 0 Å². The fourth-order valence-corrected chi connectivity index (χ4v) is 1.91. The van der Waals surface area contributed by atoms with Crippen molar-refractivity contribution in [2.75, 3.05) is 6.54 Å². The number of benzene rings is 1. The summed E-state index contributed by atoms with van der Waals surface area (Å²) in [7, 11) is 0. The highest BCUT2D eigenvalue weighted by atomic mass is 79.9. The van der Waals surface area contributed by atoms with Crippen LogP contribution in [0.25, 0.3) is 0 Å². The number of hydrogen-bond acceptors (Lipinski definition) is 2. The highest BCUT2D eigenvalue weighted by Crippen LogP contribution is 2.15. The summed E-state index contributed by atoms with van der Waals surface area (Å²) in [5.74, 6) is -0.628. The predicted molar refractivity (Wildman–Crippen MR) is 71.7 cm³/mol. The van der Waals surface area contributed by atoms with Gasteiger partial charge in [-0.1, -0.05) is 22.9 Å². The van der Waals surface area contributed by atoms with Crippen molar-refractivity contribution < 1.29 is 14.3 Å². The van der Waals surface area contributed by atoms with Crippen LogP contribution in [0.15, 0.2) is 22.7 Å². The van der Waals surface area contributed by atoms with Crippen molar-refractivity contribution in [3.8, 4) is 0 Å². The van der Waals surface area contributed by atoms with Crippen molar-refractivity contribution >= 4 is 21.8 Å². The van der Waals surface area contributed by atoms with Gasteiger partial charge in [-0.25, -0.2) is 4.39 Å². The lowest BCUT2D eigenvalue weighted by molar-refractivity contribution is -0.120. The Labute approximate surface area is 115 Å². The maximum absolute atomic E-state index is 13.4. The lowest BCUT2D eigenvalue weighted by atomic mass is 10.1. The zero-order valence-electron chi connectivity index (χ0n) is 10.2. The molecule has 0 saturated heterocycles. The first-order chi connectivity index (χ1) is 8.52. The first-order valence-electron chi connectivity index (χ1n) is 5.91. The second kappa shape index (κ2) is 7.48. The van der Waals surface area contributed by atoms with Gasteiger partial charge in [-0.15, -0.1) is 0 Å². The first-order valence-corrected chi connectivity index (χ1v) is 6.71. The summed E-state index contributed by atoms with van der Waals surface area (Å²) in [6, 6.07) is 4.51. The van der Waals surface area contributed by atoms with Crippen LogP contribution in [-0.2, 0) is 11.2 Å². The third kappa shape index (κ3) is 5.14. The van der Waals surface area contributed by atoms with Crippen LogP contribution in [0.2, 0.25) is 0 Å². The number of aliphatic hydroxyl groups is 1. The Balaban J connectivity index is 2.42. The molecule has 0 radical (unpaired) electrons. The van der Waals surface area contributed by atoms with Gasteiger partial charge in [0.2, 0.25) is 5.91 Å². The SMILES string of the molecule is CCC(O)CCNC(=O)Cc1cc(Br)ccc1F. The van der Waals surface area contributed by atoms with E-state index in [9.17, 15) is 14.3 Å². The van der Waals surface area contributed by atoms with Gasteiger partial charge in [0, 0.05) is 11.0 Å². The van der Waals surface area contributed by atoms with Crippen LogP contribution in [0.5, 0.6) is 0 Å². The standard InChI is InChI=1S/C13H17BrFNO2/c1-2-11(17)5-6-16-13(18)8-9-7-10(14)3-4-12(9)15/h3-4,7,11,17H,2,5-6,8H2,1H3,(H,16,18). The second-order valence-corrected chi connectivity index (χ2v) is 5.03. The summed E-state index contributed by atoms with van der Waals surface area (Å²) < 4.78 is 14.1. The number of hydrogen-bond donors (Lipinski definition) is 2. The molecule has 0 aliphatic heterocycles. The van der Waals surface area contributed by atoms with Gasteiger partial charge in [-0.2, -0.15) is 0 Å². The van der Waals surface area contributed by atoms with E-state index in [0.29, 0.717) is 24.9 Å². The molecule has 0 aliphatic rings. The van der Waals surface area contributed by atoms with Crippen LogP contribution in [-0.4, -0.2) is 23.7 Å². The molecule has 1 aromatic rings. The number of halogens is 2. The molecule has 0 saturated carbocycles. The molecule has 2 N–H and O–H groups in total. The topological polar surface area (TPSA) is 49.3 Å². The fraction of sp³-hybridized carbons (Fsp3) is 0.462. The Bertz CT molecular complexity index is 412.